The normalized spacial score (nSPS) is 12.5. The number of hydrogen-bond acceptors (Lipinski definition) is 3. The van der Waals surface area contributed by atoms with E-state index in [1.54, 1.807) is 11.8 Å². The van der Waals surface area contributed by atoms with E-state index in [1.807, 2.05) is 37.4 Å². The molecule has 2 N–H and O–H groups in total. The van der Waals surface area contributed by atoms with Gasteiger partial charge in [0.15, 0.2) is 0 Å². The van der Waals surface area contributed by atoms with E-state index < -0.39 is 0 Å². The van der Waals surface area contributed by atoms with Crippen molar-refractivity contribution in [3.8, 4) is 5.75 Å². The molecule has 0 aliphatic carbocycles. The van der Waals surface area contributed by atoms with Crippen LogP contribution >= 0.6 is 11.8 Å². The first-order valence-electron chi connectivity index (χ1n) is 4.27. The second-order valence-electron chi connectivity index (χ2n) is 2.82. The van der Waals surface area contributed by atoms with Crippen molar-refractivity contribution in [2.45, 2.75) is 17.9 Å². The standard InChI is InChI=1S/C10H15NOS/c1-8(7-11)12-9-5-3-4-6-10(9)13-2/h3-6,8H,7,11H2,1-2H3. The van der Waals surface area contributed by atoms with Crippen molar-refractivity contribution < 1.29 is 4.74 Å². The lowest BCUT2D eigenvalue weighted by Crippen LogP contribution is -2.22. The Balaban J connectivity index is 2.74. The zero-order valence-corrected chi connectivity index (χ0v) is 8.80. The molecule has 0 radical (unpaired) electrons. The SMILES string of the molecule is CSc1ccccc1OC(C)CN. The first kappa shape index (κ1) is 10.4. The van der Waals surface area contributed by atoms with Crippen molar-refractivity contribution in [1.82, 2.24) is 0 Å². The summed E-state index contributed by atoms with van der Waals surface area (Å²) in [5.41, 5.74) is 5.48. The van der Waals surface area contributed by atoms with Crippen LogP contribution in [0.15, 0.2) is 29.2 Å². The Labute approximate surface area is 83.5 Å². The number of thioether (sulfide) groups is 1. The van der Waals surface area contributed by atoms with E-state index in [9.17, 15) is 0 Å². The van der Waals surface area contributed by atoms with Gasteiger partial charge in [-0.2, -0.15) is 0 Å². The highest BCUT2D eigenvalue weighted by atomic mass is 32.2. The van der Waals surface area contributed by atoms with Gasteiger partial charge in [0.2, 0.25) is 0 Å². The summed E-state index contributed by atoms with van der Waals surface area (Å²) in [6.07, 6.45) is 2.11. The molecule has 1 atom stereocenters. The van der Waals surface area contributed by atoms with Crippen LogP contribution in [0, 0.1) is 0 Å². The van der Waals surface area contributed by atoms with Gasteiger partial charge in [0.1, 0.15) is 11.9 Å². The summed E-state index contributed by atoms with van der Waals surface area (Å²) in [4.78, 5) is 1.16. The molecule has 2 nitrogen and oxygen atoms in total. The molecule has 0 spiro atoms. The number of hydrogen-bond donors (Lipinski definition) is 1. The monoisotopic (exact) mass is 197 g/mol. The second kappa shape index (κ2) is 5.14. The van der Waals surface area contributed by atoms with Crippen molar-refractivity contribution in [1.29, 1.82) is 0 Å². The first-order chi connectivity index (χ1) is 6.27. The topological polar surface area (TPSA) is 35.2 Å². The molecule has 72 valence electrons. The molecule has 3 heteroatoms. The maximum Gasteiger partial charge on any atom is 0.133 e. The fourth-order valence-electron chi connectivity index (χ4n) is 0.981. The maximum atomic E-state index is 5.64. The first-order valence-corrected chi connectivity index (χ1v) is 5.50. The molecule has 0 aromatic heterocycles. The van der Waals surface area contributed by atoms with Crippen LogP contribution in [-0.4, -0.2) is 18.9 Å². The van der Waals surface area contributed by atoms with Gasteiger partial charge in [-0.25, -0.2) is 0 Å². The Bertz CT molecular complexity index is 265. The Morgan fingerprint density at radius 3 is 2.77 bits per heavy atom. The van der Waals surface area contributed by atoms with Crippen LogP contribution in [0.25, 0.3) is 0 Å². The highest BCUT2D eigenvalue weighted by molar-refractivity contribution is 7.98. The molecule has 0 heterocycles. The predicted octanol–water partition coefficient (Wildman–Crippen LogP) is 2.13. The molecule has 1 rings (SSSR count). The van der Waals surface area contributed by atoms with E-state index in [1.165, 1.54) is 0 Å². The lowest BCUT2D eigenvalue weighted by molar-refractivity contribution is 0.224. The molecule has 1 unspecified atom stereocenters. The van der Waals surface area contributed by atoms with Crippen molar-refractivity contribution in [2.75, 3.05) is 12.8 Å². The quantitative estimate of drug-likeness (QED) is 0.751. The van der Waals surface area contributed by atoms with Gasteiger partial charge in [-0.3, -0.25) is 0 Å². The summed E-state index contributed by atoms with van der Waals surface area (Å²) in [5.74, 6) is 0.924. The third-order valence-corrected chi connectivity index (χ3v) is 2.51. The van der Waals surface area contributed by atoms with Gasteiger partial charge in [0.05, 0.1) is 0 Å². The lowest BCUT2D eigenvalue weighted by Gasteiger charge is -2.14. The molecule has 1 aromatic rings. The smallest absolute Gasteiger partial charge is 0.133 e. The van der Waals surface area contributed by atoms with Crippen LogP contribution in [0.3, 0.4) is 0 Å². The summed E-state index contributed by atoms with van der Waals surface area (Å²) in [6, 6.07) is 7.99. The second-order valence-corrected chi connectivity index (χ2v) is 3.66. The van der Waals surface area contributed by atoms with Gasteiger partial charge < -0.3 is 10.5 Å². The van der Waals surface area contributed by atoms with Gasteiger partial charge in [-0.05, 0) is 25.3 Å². The summed E-state index contributed by atoms with van der Waals surface area (Å²) < 4.78 is 5.64. The number of benzene rings is 1. The van der Waals surface area contributed by atoms with Crippen molar-refractivity contribution in [3.63, 3.8) is 0 Å². The van der Waals surface area contributed by atoms with E-state index in [2.05, 4.69) is 0 Å². The Kier molecular flexibility index (Phi) is 4.12. The van der Waals surface area contributed by atoms with Crippen LogP contribution in [0.1, 0.15) is 6.92 Å². The maximum absolute atomic E-state index is 5.64. The predicted molar refractivity (Wildman–Crippen MR) is 57.4 cm³/mol. The number of nitrogens with two attached hydrogens (primary N) is 1. The molecule has 0 saturated heterocycles. The van der Waals surface area contributed by atoms with Crippen LogP contribution in [0.4, 0.5) is 0 Å². The Hall–Kier alpha value is -0.670. The minimum absolute atomic E-state index is 0.0771. The zero-order chi connectivity index (χ0) is 9.68. The fraction of sp³-hybridized carbons (Fsp3) is 0.400. The fourth-order valence-corrected chi connectivity index (χ4v) is 1.51. The van der Waals surface area contributed by atoms with Crippen LogP contribution < -0.4 is 10.5 Å². The molecular formula is C10H15NOS. The third-order valence-electron chi connectivity index (χ3n) is 1.73. The molecule has 0 bridgehead atoms. The Morgan fingerprint density at radius 2 is 2.15 bits per heavy atom. The van der Waals surface area contributed by atoms with Crippen LogP contribution in [-0.2, 0) is 0 Å². The molecular weight excluding hydrogens is 182 g/mol. The molecule has 0 fully saturated rings. The van der Waals surface area contributed by atoms with Gasteiger partial charge in [-0.1, -0.05) is 12.1 Å². The minimum Gasteiger partial charge on any atom is -0.488 e. The Morgan fingerprint density at radius 1 is 1.46 bits per heavy atom. The number of para-hydroxylation sites is 1. The van der Waals surface area contributed by atoms with Crippen molar-refractivity contribution >= 4 is 11.8 Å². The average Bonchev–Trinajstić information content (AvgIpc) is 2.18. The summed E-state index contributed by atoms with van der Waals surface area (Å²) >= 11 is 1.68. The molecule has 0 saturated carbocycles. The van der Waals surface area contributed by atoms with Crippen molar-refractivity contribution in [2.24, 2.45) is 5.73 Å². The molecule has 0 aliphatic heterocycles. The van der Waals surface area contributed by atoms with E-state index in [0.717, 1.165) is 10.6 Å². The van der Waals surface area contributed by atoms with E-state index >= 15 is 0 Å². The molecule has 1 aromatic carbocycles. The van der Waals surface area contributed by atoms with Crippen LogP contribution in [0.5, 0.6) is 5.75 Å². The molecule has 0 amide bonds. The lowest BCUT2D eigenvalue weighted by atomic mass is 10.3. The number of ether oxygens (including phenoxy) is 1. The largest absolute Gasteiger partial charge is 0.488 e. The molecule has 13 heavy (non-hydrogen) atoms. The highest BCUT2D eigenvalue weighted by Crippen LogP contribution is 2.27. The highest BCUT2D eigenvalue weighted by Gasteiger charge is 2.04. The van der Waals surface area contributed by atoms with Gasteiger partial charge in [0.25, 0.3) is 0 Å². The third kappa shape index (κ3) is 2.94. The van der Waals surface area contributed by atoms with E-state index in [4.69, 9.17) is 10.5 Å². The number of rotatable bonds is 4. The van der Waals surface area contributed by atoms with E-state index in [0.29, 0.717) is 6.54 Å². The summed E-state index contributed by atoms with van der Waals surface area (Å²) in [5, 5.41) is 0. The summed E-state index contributed by atoms with van der Waals surface area (Å²) in [7, 11) is 0. The zero-order valence-electron chi connectivity index (χ0n) is 7.99. The van der Waals surface area contributed by atoms with E-state index in [-0.39, 0.29) is 6.10 Å². The van der Waals surface area contributed by atoms with Crippen LogP contribution in [0.2, 0.25) is 0 Å². The minimum atomic E-state index is 0.0771. The van der Waals surface area contributed by atoms with Crippen molar-refractivity contribution in [3.05, 3.63) is 24.3 Å². The molecule has 0 aliphatic rings. The van der Waals surface area contributed by atoms with Gasteiger partial charge in [0, 0.05) is 11.4 Å². The average molecular weight is 197 g/mol. The van der Waals surface area contributed by atoms with Gasteiger partial charge in [-0.15, -0.1) is 11.8 Å². The van der Waals surface area contributed by atoms with Gasteiger partial charge >= 0.3 is 0 Å². The summed E-state index contributed by atoms with van der Waals surface area (Å²) in [6.45, 7) is 2.51.